The number of amides is 5. The quantitative estimate of drug-likeness (QED) is 0.168. The maximum absolute atomic E-state index is 13.1. The van der Waals surface area contributed by atoms with E-state index in [1.165, 1.54) is 0 Å². The molecule has 3 N–H and O–H groups in total. The van der Waals surface area contributed by atoms with Crippen LogP contribution < -0.4 is 16.0 Å². The molecule has 3 rings (SSSR count). The van der Waals surface area contributed by atoms with E-state index in [1.807, 2.05) is 20.8 Å². The number of rotatable bonds is 18. The number of nitrogens with zero attached hydrogens (tertiary/aromatic N) is 1. The number of benzene rings is 1. The monoisotopic (exact) mass is 604 g/mol. The van der Waals surface area contributed by atoms with Gasteiger partial charge >= 0.3 is 6.09 Å². The topological polar surface area (TPSA) is 162 Å². The van der Waals surface area contributed by atoms with Crippen molar-refractivity contribution in [3.8, 4) is 0 Å². The first-order chi connectivity index (χ1) is 20.6. The normalized spacial score (nSPS) is 16.7. The molecule has 2 aliphatic heterocycles. The second-order valence-corrected chi connectivity index (χ2v) is 11.3. The Morgan fingerprint density at radius 1 is 0.884 bits per heavy atom. The summed E-state index contributed by atoms with van der Waals surface area (Å²) in [6.45, 7) is 9.31. The molecule has 1 atom stereocenters. The highest BCUT2D eigenvalue weighted by molar-refractivity contribution is 6.25. The Morgan fingerprint density at radius 2 is 1.56 bits per heavy atom. The summed E-state index contributed by atoms with van der Waals surface area (Å²) in [6.07, 6.45) is 3.66. The minimum absolute atomic E-state index is 0.0716. The van der Waals surface area contributed by atoms with Crippen molar-refractivity contribution in [1.82, 2.24) is 15.5 Å². The van der Waals surface area contributed by atoms with Crippen LogP contribution in [0.5, 0.6) is 0 Å². The second kappa shape index (κ2) is 16.9. The summed E-state index contributed by atoms with van der Waals surface area (Å²) in [6, 6.07) is 3.92. The maximum atomic E-state index is 13.1. The highest BCUT2D eigenvalue weighted by Crippen LogP contribution is 2.32. The van der Waals surface area contributed by atoms with E-state index in [1.54, 1.807) is 18.2 Å². The molecule has 1 saturated heterocycles. The minimum atomic E-state index is -1.00. The van der Waals surface area contributed by atoms with Gasteiger partial charge in [-0.2, -0.15) is 0 Å². The fourth-order valence-electron chi connectivity index (χ4n) is 4.65. The summed E-state index contributed by atoms with van der Waals surface area (Å²) in [7, 11) is 0. The van der Waals surface area contributed by atoms with Gasteiger partial charge in [0.2, 0.25) is 11.8 Å². The van der Waals surface area contributed by atoms with Gasteiger partial charge in [0.05, 0.1) is 44.2 Å². The lowest BCUT2D eigenvalue weighted by atomic mass is 10.0. The number of hydrogen-bond acceptors (Lipinski definition) is 10. The average molecular weight is 605 g/mol. The van der Waals surface area contributed by atoms with Gasteiger partial charge in [0, 0.05) is 31.8 Å². The fourth-order valence-corrected chi connectivity index (χ4v) is 4.65. The maximum Gasteiger partial charge on any atom is 0.407 e. The lowest BCUT2D eigenvalue weighted by molar-refractivity contribution is -0.136. The van der Waals surface area contributed by atoms with Crippen molar-refractivity contribution >= 4 is 35.4 Å². The highest BCUT2D eigenvalue weighted by Gasteiger charge is 2.45. The number of carbonyl (C=O) groups is 5. The minimum Gasteiger partial charge on any atom is -0.444 e. The molecular formula is C30H44N4O9. The number of nitrogens with one attached hydrogen (secondary N) is 3. The van der Waals surface area contributed by atoms with Gasteiger partial charge in [0.1, 0.15) is 11.6 Å². The number of ether oxygens (including phenoxy) is 4. The van der Waals surface area contributed by atoms with Gasteiger partial charge in [-0.25, -0.2) is 4.79 Å². The largest absolute Gasteiger partial charge is 0.444 e. The molecule has 5 amide bonds. The predicted molar refractivity (Wildman–Crippen MR) is 157 cm³/mol. The summed E-state index contributed by atoms with van der Waals surface area (Å²) >= 11 is 0. The molecule has 13 nitrogen and oxygen atoms in total. The van der Waals surface area contributed by atoms with E-state index < -0.39 is 35.3 Å². The van der Waals surface area contributed by atoms with Crippen molar-refractivity contribution in [2.45, 2.75) is 70.9 Å². The Labute approximate surface area is 252 Å². The lowest BCUT2D eigenvalue weighted by Crippen LogP contribution is -2.54. The zero-order valence-corrected chi connectivity index (χ0v) is 25.3. The van der Waals surface area contributed by atoms with Crippen LogP contribution in [0.15, 0.2) is 18.2 Å². The van der Waals surface area contributed by atoms with Gasteiger partial charge in [-0.15, -0.1) is 0 Å². The molecule has 1 aromatic rings. The van der Waals surface area contributed by atoms with Crippen molar-refractivity contribution in [3.05, 3.63) is 29.3 Å². The second-order valence-electron chi connectivity index (χ2n) is 11.3. The first-order valence-corrected chi connectivity index (χ1v) is 14.9. The number of alkyl carbamates (subject to hydrolysis) is 1. The third-order valence-electron chi connectivity index (χ3n) is 6.66. The fraction of sp³-hybridized carbons (Fsp3) is 0.633. The number of fused-ring (bicyclic) bond motifs is 1. The molecule has 0 aliphatic carbocycles. The molecule has 1 unspecified atom stereocenters. The number of unbranched alkanes of at least 4 members (excludes halogenated alkanes) is 3. The molecule has 0 aromatic heterocycles. The molecule has 0 bridgehead atoms. The van der Waals surface area contributed by atoms with Crippen molar-refractivity contribution < 1.29 is 42.9 Å². The number of hydrogen-bond donors (Lipinski definition) is 3. The van der Waals surface area contributed by atoms with Gasteiger partial charge < -0.3 is 29.6 Å². The first-order valence-electron chi connectivity index (χ1n) is 14.9. The van der Waals surface area contributed by atoms with Gasteiger partial charge in [0.25, 0.3) is 11.8 Å². The van der Waals surface area contributed by atoms with E-state index >= 15 is 0 Å². The van der Waals surface area contributed by atoms with Gasteiger partial charge in [-0.05, 0) is 52.2 Å². The average Bonchev–Trinajstić information content (AvgIpc) is 3.19. The molecule has 2 aliphatic rings. The molecule has 2 heterocycles. The van der Waals surface area contributed by atoms with Crippen LogP contribution in [0.4, 0.5) is 10.5 Å². The summed E-state index contributed by atoms with van der Waals surface area (Å²) in [5.41, 5.74) is 0.445. The molecule has 238 valence electrons. The summed E-state index contributed by atoms with van der Waals surface area (Å²) in [5, 5.41) is 8.08. The van der Waals surface area contributed by atoms with Gasteiger partial charge in [-0.3, -0.25) is 29.4 Å². The zero-order chi connectivity index (χ0) is 31.2. The molecular weight excluding hydrogens is 560 g/mol. The lowest BCUT2D eigenvalue weighted by Gasteiger charge is -2.27. The third kappa shape index (κ3) is 10.9. The van der Waals surface area contributed by atoms with E-state index in [0.717, 1.165) is 30.6 Å². The smallest absolute Gasteiger partial charge is 0.407 e. The van der Waals surface area contributed by atoms with E-state index in [0.29, 0.717) is 58.4 Å². The van der Waals surface area contributed by atoms with Gasteiger partial charge in [0.15, 0.2) is 0 Å². The van der Waals surface area contributed by atoms with E-state index in [4.69, 9.17) is 18.9 Å². The molecule has 0 spiro atoms. The Bertz CT molecular complexity index is 1140. The van der Waals surface area contributed by atoms with Crippen LogP contribution in [0.1, 0.15) is 80.0 Å². The van der Waals surface area contributed by atoms with Crippen LogP contribution in [-0.4, -0.2) is 99.0 Å². The Morgan fingerprint density at radius 3 is 2.26 bits per heavy atom. The number of imide groups is 2. The standard InChI is InChI=1S/C30H44N4O9/c1-30(2,3)43-29(39)32-13-6-4-5-7-15-40-17-19-42-20-18-41-16-14-31-22-10-8-9-21-25(22)28(38)34(27(21)37)23-11-12-24(35)33-26(23)36/h8-10,23,31H,4-7,11-20H2,1-3H3,(H,32,39)(H,33,35,36). The summed E-state index contributed by atoms with van der Waals surface area (Å²) < 4.78 is 21.9. The number of carbonyl (C=O) groups excluding carboxylic acids is 5. The molecule has 13 heteroatoms. The highest BCUT2D eigenvalue weighted by atomic mass is 16.6. The van der Waals surface area contributed by atoms with Crippen molar-refractivity contribution in [2.24, 2.45) is 0 Å². The Balaban J connectivity index is 1.19. The molecule has 0 radical (unpaired) electrons. The first kappa shape index (κ1) is 33.9. The molecule has 0 saturated carbocycles. The predicted octanol–water partition coefficient (Wildman–Crippen LogP) is 2.63. The third-order valence-corrected chi connectivity index (χ3v) is 6.66. The van der Waals surface area contributed by atoms with Gasteiger partial charge in [-0.1, -0.05) is 18.9 Å². The van der Waals surface area contributed by atoms with Crippen LogP contribution in [-0.2, 0) is 28.5 Å². The number of piperidine rings is 1. The Hall–Kier alpha value is -3.55. The van der Waals surface area contributed by atoms with Crippen LogP contribution >= 0.6 is 0 Å². The van der Waals surface area contributed by atoms with E-state index in [9.17, 15) is 24.0 Å². The van der Waals surface area contributed by atoms with Crippen LogP contribution in [0.25, 0.3) is 0 Å². The van der Waals surface area contributed by atoms with E-state index in [-0.39, 0.29) is 30.1 Å². The molecule has 1 fully saturated rings. The Kier molecular flexibility index (Phi) is 13.4. The van der Waals surface area contributed by atoms with Crippen molar-refractivity contribution in [2.75, 3.05) is 58.0 Å². The summed E-state index contributed by atoms with van der Waals surface area (Å²) in [5.74, 6) is -2.15. The molecule has 43 heavy (non-hydrogen) atoms. The molecule has 1 aromatic carbocycles. The van der Waals surface area contributed by atoms with Crippen molar-refractivity contribution in [1.29, 1.82) is 0 Å². The van der Waals surface area contributed by atoms with Crippen LogP contribution in [0, 0.1) is 0 Å². The zero-order valence-electron chi connectivity index (χ0n) is 25.3. The van der Waals surface area contributed by atoms with E-state index in [2.05, 4.69) is 16.0 Å². The van der Waals surface area contributed by atoms with Crippen LogP contribution in [0.3, 0.4) is 0 Å². The SMILES string of the molecule is CC(C)(C)OC(=O)NCCCCCCOCCOCCOCCNc1cccc2c1C(=O)N(C1CCC(=O)NC1=O)C2=O. The van der Waals surface area contributed by atoms with Crippen LogP contribution in [0.2, 0.25) is 0 Å². The number of anilines is 1. The van der Waals surface area contributed by atoms with Crippen molar-refractivity contribution in [3.63, 3.8) is 0 Å². The summed E-state index contributed by atoms with van der Waals surface area (Å²) in [4.78, 5) is 62.3.